The van der Waals surface area contributed by atoms with E-state index in [1.54, 1.807) is 0 Å². The van der Waals surface area contributed by atoms with Gasteiger partial charge in [0.15, 0.2) is 0 Å². The number of halogens is 1. The highest BCUT2D eigenvalue weighted by Gasteiger charge is 2.04. The fourth-order valence-electron chi connectivity index (χ4n) is 1.93. The second-order valence-electron chi connectivity index (χ2n) is 4.45. The molecule has 2 aromatic carbocycles. The summed E-state index contributed by atoms with van der Waals surface area (Å²) < 4.78 is 0. The minimum Gasteiger partial charge on any atom is -0.0843 e. The lowest BCUT2D eigenvalue weighted by molar-refractivity contribution is 0.734. The van der Waals surface area contributed by atoms with Gasteiger partial charge in [-0.05, 0) is 41.2 Å². The zero-order valence-corrected chi connectivity index (χ0v) is 11.0. The summed E-state index contributed by atoms with van der Waals surface area (Å²) in [5, 5.41) is 0.788. The van der Waals surface area contributed by atoms with E-state index in [4.69, 9.17) is 11.6 Å². The summed E-state index contributed by atoms with van der Waals surface area (Å²) in [7, 11) is 0. The molecule has 0 fully saturated rings. The minimum absolute atomic E-state index is 0.606. The molecular formula is C16H17Cl. The third-order valence-electron chi connectivity index (χ3n) is 3.23. The summed E-state index contributed by atoms with van der Waals surface area (Å²) in [6.45, 7) is 4.48. The maximum Gasteiger partial charge on any atom is 0.0412 e. The Balaban J connectivity index is 2.39. The summed E-state index contributed by atoms with van der Waals surface area (Å²) in [6.07, 6.45) is 1.17. The average molecular weight is 245 g/mol. The van der Waals surface area contributed by atoms with Crippen molar-refractivity contribution in [3.63, 3.8) is 0 Å². The maximum absolute atomic E-state index is 6.02. The standard InChI is InChI=1S/C16H17Cl/c1-3-12(2)13-6-4-7-14(10-13)15-8-5-9-16(17)11-15/h4-12H,3H2,1-2H3/t12-/m1/s1. The van der Waals surface area contributed by atoms with E-state index in [9.17, 15) is 0 Å². The molecule has 2 aromatic rings. The van der Waals surface area contributed by atoms with Crippen LogP contribution in [0.1, 0.15) is 31.7 Å². The Labute approximate surface area is 108 Å². The predicted molar refractivity (Wildman–Crippen MR) is 75.6 cm³/mol. The first-order chi connectivity index (χ1) is 8.20. The Hall–Kier alpha value is -1.27. The molecular weight excluding hydrogens is 228 g/mol. The Kier molecular flexibility index (Phi) is 3.86. The Morgan fingerprint density at radius 3 is 2.29 bits per heavy atom. The zero-order valence-electron chi connectivity index (χ0n) is 10.3. The molecule has 2 rings (SSSR count). The van der Waals surface area contributed by atoms with E-state index in [1.807, 2.05) is 18.2 Å². The summed E-state index contributed by atoms with van der Waals surface area (Å²) in [5.41, 5.74) is 3.82. The van der Waals surface area contributed by atoms with Crippen molar-refractivity contribution in [3.8, 4) is 11.1 Å². The monoisotopic (exact) mass is 244 g/mol. The van der Waals surface area contributed by atoms with E-state index in [0.29, 0.717) is 5.92 Å². The average Bonchev–Trinajstić information content (AvgIpc) is 2.38. The van der Waals surface area contributed by atoms with Crippen molar-refractivity contribution in [2.45, 2.75) is 26.2 Å². The van der Waals surface area contributed by atoms with Crippen LogP contribution in [0.5, 0.6) is 0 Å². The highest BCUT2D eigenvalue weighted by atomic mass is 35.5. The quantitative estimate of drug-likeness (QED) is 0.667. The summed E-state index contributed by atoms with van der Waals surface area (Å²) in [5.74, 6) is 0.606. The molecule has 0 aromatic heterocycles. The summed E-state index contributed by atoms with van der Waals surface area (Å²) >= 11 is 6.02. The third-order valence-corrected chi connectivity index (χ3v) is 3.46. The van der Waals surface area contributed by atoms with Gasteiger partial charge in [0, 0.05) is 5.02 Å². The first kappa shape index (κ1) is 12.2. The maximum atomic E-state index is 6.02. The van der Waals surface area contributed by atoms with E-state index in [-0.39, 0.29) is 0 Å². The highest BCUT2D eigenvalue weighted by molar-refractivity contribution is 6.30. The van der Waals surface area contributed by atoms with E-state index < -0.39 is 0 Å². The molecule has 0 amide bonds. The molecule has 1 atom stereocenters. The molecule has 0 saturated carbocycles. The number of rotatable bonds is 3. The van der Waals surface area contributed by atoms with Crippen molar-refractivity contribution in [1.29, 1.82) is 0 Å². The van der Waals surface area contributed by atoms with Gasteiger partial charge in [0.1, 0.15) is 0 Å². The largest absolute Gasteiger partial charge is 0.0843 e. The van der Waals surface area contributed by atoms with E-state index >= 15 is 0 Å². The van der Waals surface area contributed by atoms with Crippen LogP contribution in [0.3, 0.4) is 0 Å². The smallest absolute Gasteiger partial charge is 0.0412 e. The third kappa shape index (κ3) is 2.89. The van der Waals surface area contributed by atoms with Crippen LogP contribution >= 0.6 is 11.6 Å². The highest BCUT2D eigenvalue weighted by Crippen LogP contribution is 2.27. The van der Waals surface area contributed by atoms with E-state index in [2.05, 4.69) is 44.2 Å². The van der Waals surface area contributed by atoms with Gasteiger partial charge in [-0.15, -0.1) is 0 Å². The molecule has 0 bridgehead atoms. The normalized spacial score (nSPS) is 12.4. The summed E-state index contributed by atoms with van der Waals surface area (Å²) in [6, 6.07) is 16.7. The summed E-state index contributed by atoms with van der Waals surface area (Å²) in [4.78, 5) is 0. The van der Waals surface area contributed by atoms with Gasteiger partial charge in [-0.25, -0.2) is 0 Å². The van der Waals surface area contributed by atoms with Gasteiger partial charge >= 0.3 is 0 Å². The van der Waals surface area contributed by atoms with Crippen molar-refractivity contribution < 1.29 is 0 Å². The molecule has 0 spiro atoms. The lowest BCUT2D eigenvalue weighted by Gasteiger charge is -2.11. The van der Waals surface area contributed by atoms with Gasteiger partial charge in [0.2, 0.25) is 0 Å². The molecule has 88 valence electrons. The number of benzene rings is 2. The van der Waals surface area contributed by atoms with Gasteiger partial charge in [-0.2, -0.15) is 0 Å². The predicted octanol–water partition coefficient (Wildman–Crippen LogP) is 5.52. The first-order valence-electron chi connectivity index (χ1n) is 6.06. The van der Waals surface area contributed by atoms with Crippen LogP contribution in [0.2, 0.25) is 5.02 Å². The lowest BCUT2D eigenvalue weighted by atomic mass is 9.95. The van der Waals surface area contributed by atoms with Gasteiger partial charge in [0.05, 0.1) is 0 Å². The zero-order chi connectivity index (χ0) is 12.3. The molecule has 0 unspecified atom stereocenters. The van der Waals surface area contributed by atoms with E-state index in [0.717, 1.165) is 5.02 Å². The SMILES string of the molecule is CC[C@@H](C)c1cccc(-c2cccc(Cl)c2)c1. The van der Waals surface area contributed by atoms with Gasteiger partial charge < -0.3 is 0 Å². The van der Waals surface area contributed by atoms with Crippen LogP contribution < -0.4 is 0 Å². The molecule has 0 aliphatic heterocycles. The topological polar surface area (TPSA) is 0 Å². The van der Waals surface area contributed by atoms with Crippen LogP contribution in [0, 0.1) is 0 Å². The molecule has 0 heterocycles. The molecule has 0 N–H and O–H groups in total. The first-order valence-corrected chi connectivity index (χ1v) is 6.44. The Morgan fingerprint density at radius 2 is 1.65 bits per heavy atom. The van der Waals surface area contributed by atoms with Crippen LogP contribution in [0.4, 0.5) is 0 Å². The van der Waals surface area contributed by atoms with Gasteiger partial charge in [-0.1, -0.05) is 61.8 Å². The van der Waals surface area contributed by atoms with Crippen molar-refractivity contribution in [2.24, 2.45) is 0 Å². The van der Waals surface area contributed by atoms with Crippen molar-refractivity contribution in [3.05, 3.63) is 59.1 Å². The lowest BCUT2D eigenvalue weighted by Crippen LogP contribution is -1.91. The van der Waals surface area contributed by atoms with Crippen LogP contribution in [-0.4, -0.2) is 0 Å². The number of hydrogen-bond acceptors (Lipinski definition) is 0. The van der Waals surface area contributed by atoms with E-state index in [1.165, 1.54) is 23.1 Å². The minimum atomic E-state index is 0.606. The van der Waals surface area contributed by atoms with Crippen molar-refractivity contribution >= 4 is 11.6 Å². The fourth-order valence-corrected chi connectivity index (χ4v) is 2.12. The van der Waals surface area contributed by atoms with Crippen LogP contribution in [-0.2, 0) is 0 Å². The number of hydrogen-bond donors (Lipinski definition) is 0. The molecule has 0 aliphatic carbocycles. The molecule has 0 nitrogen and oxygen atoms in total. The molecule has 0 radical (unpaired) electrons. The van der Waals surface area contributed by atoms with Gasteiger partial charge in [0.25, 0.3) is 0 Å². The molecule has 0 aliphatic rings. The van der Waals surface area contributed by atoms with Gasteiger partial charge in [-0.3, -0.25) is 0 Å². The van der Waals surface area contributed by atoms with Crippen LogP contribution in [0.25, 0.3) is 11.1 Å². The molecule has 1 heteroatoms. The van der Waals surface area contributed by atoms with Crippen molar-refractivity contribution in [1.82, 2.24) is 0 Å². The molecule has 0 saturated heterocycles. The molecule has 17 heavy (non-hydrogen) atoms. The Bertz CT molecular complexity index is 502. The van der Waals surface area contributed by atoms with Crippen molar-refractivity contribution in [2.75, 3.05) is 0 Å². The van der Waals surface area contributed by atoms with Crippen LogP contribution in [0.15, 0.2) is 48.5 Å². The fraction of sp³-hybridized carbons (Fsp3) is 0.250. The Morgan fingerprint density at radius 1 is 1.00 bits per heavy atom. The second kappa shape index (κ2) is 5.37. The second-order valence-corrected chi connectivity index (χ2v) is 4.88.